The van der Waals surface area contributed by atoms with Crippen LogP contribution in [0.5, 0.6) is 17.2 Å². The molecule has 0 aliphatic carbocycles. The highest BCUT2D eigenvalue weighted by molar-refractivity contribution is 5.92. The lowest BCUT2D eigenvalue weighted by Crippen LogP contribution is -2.31. The van der Waals surface area contributed by atoms with Crippen LogP contribution in [0.2, 0.25) is 0 Å². The molecule has 0 amide bonds. The van der Waals surface area contributed by atoms with Gasteiger partial charge >= 0.3 is 0 Å². The molecule has 3 aromatic carbocycles. The van der Waals surface area contributed by atoms with Gasteiger partial charge in [-0.05, 0) is 71.5 Å². The summed E-state index contributed by atoms with van der Waals surface area (Å²) in [4.78, 5) is 18.3. The quantitative estimate of drug-likeness (QED) is 0.237. The first-order valence-corrected chi connectivity index (χ1v) is 13.4. The number of H-pyrrole nitrogens is 1. The van der Waals surface area contributed by atoms with E-state index in [0.717, 1.165) is 70.0 Å². The third-order valence-electron chi connectivity index (χ3n) is 7.37. The Balaban J connectivity index is 1.34. The van der Waals surface area contributed by atoms with Crippen molar-refractivity contribution in [2.75, 3.05) is 18.6 Å². The maximum Gasteiger partial charge on any atom is 0.298 e. The molecule has 1 aliphatic rings. The molecule has 6 rings (SSSR count). The molecule has 0 fully saturated rings. The van der Waals surface area contributed by atoms with Crippen molar-refractivity contribution in [2.45, 2.75) is 32.9 Å². The number of carbonyl (C=O) groups is 1. The fourth-order valence-electron chi connectivity index (χ4n) is 5.30. The number of fused-ring (bicyclic) bond motifs is 2. The van der Waals surface area contributed by atoms with Crippen LogP contribution in [0.4, 0.5) is 5.82 Å². The number of hydrogen-bond acceptors (Lipinski definition) is 7. The minimum absolute atomic E-state index is 0.448. The number of carbonyl (C=O) groups excluding carboxylic acids is 1. The van der Waals surface area contributed by atoms with Crippen molar-refractivity contribution in [1.29, 1.82) is 0 Å². The van der Waals surface area contributed by atoms with Crippen molar-refractivity contribution < 1.29 is 19.0 Å². The number of rotatable bonds is 9. The molecule has 0 bridgehead atoms. The van der Waals surface area contributed by atoms with Crippen LogP contribution >= 0.6 is 0 Å². The zero-order chi connectivity index (χ0) is 27.5. The lowest BCUT2D eigenvalue weighted by atomic mass is 9.98. The molecular weight excluding hydrogens is 504 g/mol. The largest absolute Gasteiger partial charge is 0.493 e. The second-order valence-electron chi connectivity index (χ2n) is 9.77. The van der Waals surface area contributed by atoms with E-state index >= 15 is 0 Å². The Bertz CT molecular complexity index is 1670. The number of aromatic nitrogens is 3. The number of aromatic amines is 1. The molecule has 0 radical (unpaired) electrons. The zero-order valence-electron chi connectivity index (χ0n) is 22.5. The van der Waals surface area contributed by atoms with E-state index < -0.39 is 0 Å². The van der Waals surface area contributed by atoms with Crippen molar-refractivity contribution in [1.82, 2.24) is 15.2 Å². The third kappa shape index (κ3) is 4.96. The van der Waals surface area contributed by atoms with Gasteiger partial charge in [0.1, 0.15) is 18.2 Å². The average molecular weight is 535 g/mol. The molecule has 40 heavy (non-hydrogen) atoms. The molecule has 8 nitrogen and oxygen atoms in total. The maximum absolute atomic E-state index is 10.8. The van der Waals surface area contributed by atoms with Crippen molar-refractivity contribution >= 4 is 23.2 Å². The van der Waals surface area contributed by atoms with Gasteiger partial charge < -0.3 is 19.1 Å². The first-order chi connectivity index (χ1) is 19.7. The number of pyridine rings is 1. The topological polar surface area (TPSA) is 89.6 Å². The first kappa shape index (κ1) is 25.4. The number of nitrogens with zero attached hydrogens (tertiary/aromatic N) is 3. The highest BCUT2D eigenvalue weighted by Gasteiger charge is 2.24. The Morgan fingerprint density at radius 3 is 2.67 bits per heavy atom. The summed E-state index contributed by atoms with van der Waals surface area (Å²) < 4.78 is 17.0. The van der Waals surface area contributed by atoms with Gasteiger partial charge in [-0.25, -0.2) is 4.98 Å². The molecule has 0 unspecified atom stereocenters. The van der Waals surface area contributed by atoms with Gasteiger partial charge in [-0.2, -0.15) is 5.10 Å². The van der Waals surface area contributed by atoms with Crippen LogP contribution in [0.25, 0.3) is 22.2 Å². The predicted octanol–water partition coefficient (Wildman–Crippen LogP) is 5.87. The summed E-state index contributed by atoms with van der Waals surface area (Å²) in [5.41, 5.74) is 7.34. The molecule has 1 N–H and O–H groups in total. The second-order valence-corrected chi connectivity index (χ2v) is 9.77. The van der Waals surface area contributed by atoms with Crippen LogP contribution in [0.1, 0.15) is 29.2 Å². The Kier molecular flexibility index (Phi) is 7.06. The molecule has 0 atom stereocenters. The number of ether oxygens (including phenoxy) is 3. The first-order valence-electron chi connectivity index (χ1n) is 13.4. The Labute approximate surface area is 232 Å². The second kappa shape index (κ2) is 11.1. The van der Waals surface area contributed by atoms with E-state index in [1.54, 1.807) is 13.2 Å². The summed E-state index contributed by atoms with van der Waals surface area (Å²) in [7, 11) is 1.68. The van der Waals surface area contributed by atoms with Crippen molar-refractivity contribution in [3.63, 3.8) is 0 Å². The SMILES string of the molecule is CCc1cc(OC=O)ccc1-c1cc2[nH]ncc2c(N2CCc3cc(OC)c(OCc4ccccc4)cc3C2)n1. The molecular formula is C32H30N4O4. The molecule has 0 spiro atoms. The van der Waals surface area contributed by atoms with Gasteiger partial charge in [-0.1, -0.05) is 37.3 Å². The lowest BCUT2D eigenvalue weighted by molar-refractivity contribution is -0.120. The molecule has 5 aromatic rings. The number of methoxy groups -OCH3 is 1. The third-order valence-corrected chi connectivity index (χ3v) is 7.37. The van der Waals surface area contributed by atoms with Gasteiger partial charge in [0, 0.05) is 18.7 Å². The van der Waals surface area contributed by atoms with Crippen LogP contribution < -0.4 is 19.1 Å². The van der Waals surface area contributed by atoms with Crippen LogP contribution in [0.3, 0.4) is 0 Å². The summed E-state index contributed by atoms with van der Waals surface area (Å²) in [6, 6.07) is 22.0. The van der Waals surface area contributed by atoms with E-state index in [4.69, 9.17) is 19.2 Å². The highest BCUT2D eigenvalue weighted by atomic mass is 16.5. The van der Waals surface area contributed by atoms with Crippen LogP contribution in [-0.2, 0) is 30.8 Å². The van der Waals surface area contributed by atoms with Crippen LogP contribution in [0, 0.1) is 0 Å². The standard InChI is InChI=1S/C32H30N4O4/c1-3-22-13-25(40-20-37)9-10-26(22)28-16-29-27(17-33-35-29)32(34-28)36-12-11-23-14-30(38-2)31(15-24(23)18-36)39-19-21-7-5-4-6-8-21/h4-10,13-17,20H,3,11-12,18-19H2,1-2H3,(H,33,35). The number of aryl methyl sites for hydroxylation is 1. The van der Waals surface area contributed by atoms with Crippen LogP contribution in [0.15, 0.2) is 72.9 Å². The predicted molar refractivity (Wildman–Crippen MR) is 154 cm³/mol. The summed E-state index contributed by atoms with van der Waals surface area (Å²) in [5.74, 6) is 2.87. The lowest BCUT2D eigenvalue weighted by Gasteiger charge is -2.31. The fraction of sp³-hybridized carbons (Fsp3) is 0.219. The molecule has 202 valence electrons. The molecule has 3 heterocycles. The normalized spacial score (nSPS) is 12.7. The van der Waals surface area contributed by atoms with E-state index in [1.165, 1.54) is 11.1 Å². The summed E-state index contributed by atoms with van der Waals surface area (Å²) in [6.45, 7) is 4.49. The maximum atomic E-state index is 10.8. The molecule has 0 saturated carbocycles. The Morgan fingerprint density at radius 2 is 1.88 bits per heavy atom. The number of benzene rings is 3. The van der Waals surface area contributed by atoms with E-state index in [1.807, 2.05) is 54.7 Å². The van der Waals surface area contributed by atoms with Crippen LogP contribution in [-0.4, -0.2) is 35.3 Å². The minimum atomic E-state index is 0.448. The smallest absolute Gasteiger partial charge is 0.298 e. The van der Waals surface area contributed by atoms with E-state index in [9.17, 15) is 4.79 Å². The average Bonchev–Trinajstić information content (AvgIpc) is 3.48. The summed E-state index contributed by atoms with van der Waals surface area (Å²) in [5, 5.41) is 8.42. The van der Waals surface area contributed by atoms with Gasteiger partial charge in [-0.3, -0.25) is 9.89 Å². The van der Waals surface area contributed by atoms with Gasteiger partial charge in [0.15, 0.2) is 11.5 Å². The number of anilines is 1. The Morgan fingerprint density at radius 1 is 1.02 bits per heavy atom. The van der Waals surface area contributed by atoms with Gasteiger partial charge in [-0.15, -0.1) is 0 Å². The van der Waals surface area contributed by atoms with E-state index in [2.05, 4.69) is 34.2 Å². The zero-order valence-corrected chi connectivity index (χ0v) is 22.5. The molecule has 1 aliphatic heterocycles. The molecule has 0 saturated heterocycles. The van der Waals surface area contributed by atoms with Gasteiger partial charge in [0.05, 0.1) is 29.9 Å². The minimum Gasteiger partial charge on any atom is -0.493 e. The summed E-state index contributed by atoms with van der Waals surface area (Å²) in [6.07, 6.45) is 3.46. The fourth-order valence-corrected chi connectivity index (χ4v) is 5.30. The van der Waals surface area contributed by atoms with E-state index in [0.29, 0.717) is 25.4 Å². The molecule has 8 heteroatoms. The summed E-state index contributed by atoms with van der Waals surface area (Å²) >= 11 is 0. The van der Waals surface area contributed by atoms with Gasteiger partial charge in [0.2, 0.25) is 0 Å². The molecule has 2 aromatic heterocycles. The van der Waals surface area contributed by atoms with E-state index in [-0.39, 0.29) is 0 Å². The Hall–Kier alpha value is -4.85. The van der Waals surface area contributed by atoms with Gasteiger partial charge in [0.25, 0.3) is 6.47 Å². The number of hydrogen-bond donors (Lipinski definition) is 1. The highest BCUT2D eigenvalue weighted by Crippen LogP contribution is 2.37. The monoisotopic (exact) mass is 534 g/mol. The number of nitrogens with one attached hydrogen (secondary N) is 1. The van der Waals surface area contributed by atoms with Crippen molar-refractivity contribution in [3.8, 4) is 28.5 Å². The van der Waals surface area contributed by atoms with Crippen molar-refractivity contribution in [2.24, 2.45) is 0 Å². The van der Waals surface area contributed by atoms with Crippen molar-refractivity contribution in [3.05, 3.63) is 95.2 Å².